The Balaban J connectivity index is 1.82. The van der Waals surface area contributed by atoms with Crippen LogP contribution in [0.4, 0.5) is 16.3 Å². The Kier molecular flexibility index (Phi) is 5.07. The van der Waals surface area contributed by atoms with Gasteiger partial charge in [-0.25, -0.2) is 4.79 Å². The summed E-state index contributed by atoms with van der Waals surface area (Å²) in [4.78, 5) is 14.6. The summed E-state index contributed by atoms with van der Waals surface area (Å²) in [6, 6.07) is 21.0. The summed E-state index contributed by atoms with van der Waals surface area (Å²) < 4.78 is 5.35. The second-order valence-electron chi connectivity index (χ2n) is 7.16. The first-order valence-corrected chi connectivity index (χ1v) is 8.58. The summed E-state index contributed by atoms with van der Waals surface area (Å²) in [6.07, 6.45) is 0. The minimum absolute atomic E-state index is 0.168. The van der Waals surface area contributed by atoms with E-state index in [9.17, 15) is 4.79 Å². The average molecular weight is 349 g/mol. The molecule has 26 heavy (non-hydrogen) atoms. The molecule has 5 nitrogen and oxygen atoms in total. The highest BCUT2D eigenvalue weighted by Gasteiger charge is 2.22. The molecule has 134 valence electrons. The molecule has 3 rings (SSSR count). The van der Waals surface area contributed by atoms with Gasteiger partial charge in [-0.1, -0.05) is 74.5 Å². The van der Waals surface area contributed by atoms with Gasteiger partial charge in [-0.2, -0.15) is 0 Å². The van der Waals surface area contributed by atoms with Crippen LogP contribution < -0.4 is 10.2 Å². The maximum atomic E-state index is 12.9. The zero-order valence-corrected chi connectivity index (χ0v) is 15.3. The van der Waals surface area contributed by atoms with Crippen molar-refractivity contribution in [2.24, 2.45) is 0 Å². The molecular weight excluding hydrogens is 326 g/mol. The number of urea groups is 1. The largest absolute Gasteiger partial charge is 0.359 e. The van der Waals surface area contributed by atoms with Crippen molar-refractivity contribution in [3.05, 3.63) is 78.1 Å². The number of hydrogen-bond acceptors (Lipinski definition) is 3. The van der Waals surface area contributed by atoms with Crippen LogP contribution in [0.3, 0.4) is 0 Å². The Morgan fingerprint density at radius 1 is 1.04 bits per heavy atom. The fraction of sp³-hybridized carbons (Fsp3) is 0.238. The van der Waals surface area contributed by atoms with Crippen molar-refractivity contribution in [1.82, 2.24) is 5.16 Å². The van der Waals surface area contributed by atoms with Gasteiger partial charge in [0.25, 0.3) is 0 Å². The first kappa shape index (κ1) is 17.7. The van der Waals surface area contributed by atoms with Gasteiger partial charge in [0.1, 0.15) is 5.76 Å². The molecule has 0 radical (unpaired) electrons. The van der Waals surface area contributed by atoms with Gasteiger partial charge in [0, 0.05) is 17.2 Å². The molecule has 5 heteroatoms. The predicted molar refractivity (Wildman–Crippen MR) is 103 cm³/mol. The van der Waals surface area contributed by atoms with Crippen LogP contribution in [-0.4, -0.2) is 11.2 Å². The molecule has 0 saturated carbocycles. The molecule has 0 fully saturated rings. The van der Waals surface area contributed by atoms with Gasteiger partial charge < -0.3 is 4.52 Å². The van der Waals surface area contributed by atoms with Crippen LogP contribution in [0.5, 0.6) is 0 Å². The number of carbonyl (C=O) groups is 1. The number of nitrogens with zero attached hydrogens (tertiary/aromatic N) is 2. The van der Waals surface area contributed by atoms with Crippen molar-refractivity contribution in [1.29, 1.82) is 0 Å². The van der Waals surface area contributed by atoms with E-state index in [4.69, 9.17) is 4.52 Å². The van der Waals surface area contributed by atoms with Crippen LogP contribution in [0.25, 0.3) is 0 Å². The van der Waals surface area contributed by atoms with Gasteiger partial charge in [0.15, 0.2) is 5.82 Å². The Hall–Kier alpha value is -3.08. The summed E-state index contributed by atoms with van der Waals surface area (Å²) in [7, 11) is 0. The van der Waals surface area contributed by atoms with Gasteiger partial charge in [-0.05, 0) is 17.7 Å². The molecule has 0 spiro atoms. The average Bonchev–Trinajstić information content (AvgIpc) is 3.10. The highest BCUT2D eigenvalue weighted by Crippen LogP contribution is 2.25. The van der Waals surface area contributed by atoms with E-state index in [2.05, 4.69) is 10.5 Å². The van der Waals surface area contributed by atoms with Gasteiger partial charge >= 0.3 is 6.03 Å². The first-order chi connectivity index (χ1) is 12.4. The van der Waals surface area contributed by atoms with E-state index in [1.165, 1.54) is 0 Å². The van der Waals surface area contributed by atoms with Crippen molar-refractivity contribution >= 4 is 17.5 Å². The normalized spacial score (nSPS) is 11.2. The number of anilines is 2. The molecule has 0 atom stereocenters. The zero-order valence-electron chi connectivity index (χ0n) is 15.3. The van der Waals surface area contributed by atoms with Crippen molar-refractivity contribution in [3.63, 3.8) is 0 Å². The number of rotatable bonds is 4. The highest BCUT2D eigenvalue weighted by atomic mass is 16.5. The van der Waals surface area contributed by atoms with Crippen molar-refractivity contribution in [2.75, 3.05) is 10.2 Å². The van der Waals surface area contributed by atoms with E-state index in [1.807, 2.05) is 81.4 Å². The van der Waals surface area contributed by atoms with Crippen LogP contribution in [-0.2, 0) is 12.0 Å². The summed E-state index contributed by atoms with van der Waals surface area (Å²) in [5.41, 5.74) is 1.69. The Morgan fingerprint density at radius 2 is 1.65 bits per heavy atom. The fourth-order valence-corrected chi connectivity index (χ4v) is 2.52. The third-order valence-electron chi connectivity index (χ3n) is 3.98. The lowest BCUT2D eigenvalue weighted by Gasteiger charge is -2.22. The van der Waals surface area contributed by atoms with Gasteiger partial charge in [0.05, 0.1) is 6.54 Å². The molecular formula is C21H23N3O2. The van der Waals surface area contributed by atoms with E-state index >= 15 is 0 Å². The lowest BCUT2D eigenvalue weighted by atomic mass is 9.93. The smallest absolute Gasteiger partial charge is 0.327 e. The second-order valence-corrected chi connectivity index (χ2v) is 7.16. The monoisotopic (exact) mass is 349 g/mol. The molecule has 1 N–H and O–H groups in total. The van der Waals surface area contributed by atoms with Gasteiger partial charge in [-0.3, -0.25) is 10.2 Å². The first-order valence-electron chi connectivity index (χ1n) is 8.58. The van der Waals surface area contributed by atoms with Crippen LogP contribution in [0.1, 0.15) is 32.1 Å². The molecule has 2 aromatic carbocycles. The Labute approximate surface area is 153 Å². The second kappa shape index (κ2) is 7.44. The van der Waals surface area contributed by atoms with Crippen molar-refractivity contribution in [3.8, 4) is 0 Å². The van der Waals surface area contributed by atoms with E-state index in [-0.39, 0.29) is 11.4 Å². The Bertz CT molecular complexity index is 852. The molecule has 0 aliphatic carbocycles. The number of para-hydroxylation sites is 1. The van der Waals surface area contributed by atoms with E-state index in [1.54, 1.807) is 11.0 Å². The minimum atomic E-state index is -0.256. The topological polar surface area (TPSA) is 58.4 Å². The van der Waals surface area contributed by atoms with E-state index < -0.39 is 0 Å². The predicted octanol–water partition coefficient (Wildman–Crippen LogP) is 5.21. The Morgan fingerprint density at radius 3 is 2.23 bits per heavy atom. The molecule has 1 heterocycles. The molecule has 0 saturated heterocycles. The highest BCUT2D eigenvalue weighted by molar-refractivity contribution is 6.01. The lowest BCUT2D eigenvalue weighted by Crippen LogP contribution is -2.34. The number of amides is 2. The zero-order chi connectivity index (χ0) is 18.6. The summed E-state index contributed by atoms with van der Waals surface area (Å²) >= 11 is 0. The number of aromatic nitrogens is 1. The number of carbonyl (C=O) groups excluding carboxylic acids is 1. The van der Waals surface area contributed by atoms with Crippen LogP contribution in [0, 0.1) is 0 Å². The lowest BCUT2D eigenvalue weighted by molar-refractivity contribution is 0.256. The number of nitrogens with one attached hydrogen (secondary N) is 1. The summed E-state index contributed by atoms with van der Waals surface area (Å²) in [6.45, 7) is 6.56. The van der Waals surface area contributed by atoms with Crippen molar-refractivity contribution < 1.29 is 9.32 Å². The van der Waals surface area contributed by atoms with Gasteiger partial charge in [-0.15, -0.1) is 0 Å². The molecule has 1 aromatic heterocycles. The number of benzene rings is 2. The number of hydrogen-bond donors (Lipinski definition) is 1. The molecule has 2 amide bonds. The van der Waals surface area contributed by atoms with Gasteiger partial charge in [0.2, 0.25) is 0 Å². The van der Waals surface area contributed by atoms with Crippen LogP contribution in [0.2, 0.25) is 0 Å². The summed E-state index contributed by atoms with van der Waals surface area (Å²) in [5, 5.41) is 6.81. The van der Waals surface area contributed by atoms with E-state index in [0.717, 1.165) is 17.0 Å². The standard InChI is InChI=1S/C21H23N3O2/c1-21(2,3)18-14-19(23-26-18)22-20(25)24(17-12-8-5-9-13-17)15-16-10-6-4-7-11-16/h4-14H,15H2,1-3H3,(H,22,23,25). The minimum Gasteiger partial charge on any atom is -0.359 e. The molecule has 0 bridgehead atoms. The molecule has 0 aliphatic rings. The van der Waals surface area contributed by atoms with Crippen molar-refractivity contribution in [2.45, 2.75) is 32.7 Å². The molecule has 0 unspecified atom stereocenters. The third-order valence-corrected chi connectivity index (χ3v) is 3.98. The molecule has 0 aliphatic heterocycles. The maximum absolute atomic E-state index is 12.9. The van der Waals surface area contributed by atoms with Crippen LogP contribution in [0.15, 0.2) is 71.3 Å². The third kappa shape index (κ3) is 4.30. The summed E-state index contributed by atoms with van der Waals surface area (Å²) in [5.74, 6) is 1.14. The quantitative estimate of drug-likeness (QED) is 0.703. The fourth-order valence-electron chi connectivity index (χ4n) is 2.52. The van der Waals surface area contributed by atoms with E-state index in [0.29, 0.717) is 12.4 Å². The van der Waals surface area contributed by atoms with Crippen LogP contribution >= 0.6 is 0 Å². The molecule has 3 aromatic rings. The SMILES string of the molecule is CC(C)(C)c1cc(NC(=O)N(Cc2ccccc2)c2ccccc2)no1. The maximum Gasteiger partial charge on any atom is 0.327 e.